The topological polar surface area (TPSA) is 76.5 Å². The van der Waals surface area contributed by atoms with Gasteiger partial charge in [-0.2, -0.15) is 0 Å². The van der Waals surface area contributed by atoms with Crippen LogP contribution in [0.5, 0.6) is 0 Å². The van der Waals surface area contributed by atoms with Gasteiger partial charge in [0, 0.05) is 6.54 Å². The molecule has 0 aliphatic heterocycles. The molecule has 16 heavy (non-hydrogen) atoms. The first-order valence-electron chi connectivity index (χ1n) is 4.46. The van der Waals surface area contributed by atoms with Gasteiger partial charge in [0.05, 0.1) is 5.75 Å². The fraction of sp³-hybridized carbons (Fsp3) is 0.429. The van der Waals surface area contributed by atoms with E-state index >= 15 is 0 Å². The third kappa shape index (κ3) is 2.45. The van der Waals surface area contributed by atoms with Crippen molar-refractivity contribution in [1.29, 1.82) is 0 Å². The normalized spacial score (nSPS) is 10.9. The zero-order valence-electron chi connectivity index (χ0n) is 8.31. The molecule has 0 amide bonds. The predicted octanol–water partition coefficient (Wildman–Crippen LogP) is 1.39. The maximum atomic E-state index is 11.3. The number of nitrogens with one attached hydrogen (secondary N) is 1. The molecular formula is C7H8ClN5OS2. The van der Waals surface area contributed by atoms with E-state index in [1.54, 1.807) is 4.57 Å². The van der Waals surface area contributed by atoms with Gasteiger partial charge in [0.1, 0.15) is 5.01 Å². The van der Waals surface area contributed by atoms with E-state index in [0.717, 1.165) is 5.01 Å². The van der Waals surface area contributed by atoms with Crippen molar-refractivity contribution in [2.45, 2.75) is 24.4 Å². The van der Waals surface area contributed by atoms with Crippen molar-refractivity contribution < 1.29 is 0 Å². The minimum atomic E-state index is -0.194. The highest BCUT2D eigenvalue weighted by molar-refractivity contribution is 7.98. The third-order valence-electron chi connectivity index (χ3n) is 1.81. The average Bonchev–Trinajstić information content (AvgIpc) is 2.82. The number of H-pyrrole nitrogens is 1. The Morgan fingerprint density at radius 3 is 3.00 bits per heavy atom. The van der Waals surface area contributed by atoms with Gasteiger partial charge in [-0.25, -0.2) is 9.89 Å². The summed E-state index contributed by atoms with van der Waals surface area (Å²) in [5.41, 5.74) is -0.194. The SMILES string of the molecule is CCn1c(SCc2nnc(Cl)s2)n[nH]c1=O. The third-order valence-corrected chi connectivity index (χ3v) is 4.00. The summed E-state index contributed by atoms with van der Waals surface area (Å²) in [6.07, 6.45) is 0. The van der Waals surface area contributed by atoms with Gasteiger partial charge in [0.2, 0.25) is 4.47 Å². The second kappa shape index (κ2) is 4.98. The van der Waals surface area contributed by atoms with E-state index in [2.05, 4.69) is 20.4 Å². The first kappa shape index (κ1) is 11.6. The van der Waals surface area contributed by atoms with Gasteiger partial charge in [0.15, 0.2) is 5.16 Å². The zero-order valence-corrected chi connectivity index (χ0v) is 10.7. The van der Waals surface area contributed by atoms with Crippen molar-refractivity contribution in [3.05, 3.63) is 20.0 Å². The summed E-state index contributed by atoms with van der Waals surface area (Å²) in [6.45, 7) is 2.48. The van der Waals surface area contributed by atoms with Crippen LogP contribution in [0.4, 0.5) is 0 Å². The Morgan fingerprint density at radius 1 is 1.56 bits per heavy atom. The summed E-state index contributed by atoms with van der Waals surface area (Å²) < 4.78 is 1.98. The molecule has 0 saturated carbocycles. The summed E-state index contributed by atoms with van der Waals surface area (Å²) in [4.78, 5) is 11.3. The van der Waals surface area contributed by atoms with Crippen molar-refractivity contribution in [3.63, 3.8) is 0 Å². The molecule has 0 saturated heterocycles. The molecule has 2 rings (SSSR count). The van der Waals surface area contributed by atoms with E-state index in [4.69, 9.17) is 11.6 Å². The van der Waals surface area contributed by atoms with Crippen LogP contribution in [-0.2, 0) is 12.3 Å². The summed E-state index contributed by atoms with van der Waals surface area (Å²) in [5, 5.41) is 15.4. The second-order valence-electron chi connectivity index (χ2n) is 2.79. The monoisotopic (exact) mass is 277 g/mol. The van der Waals surface area contributed by atoms with E-state index in [-0.39, 0.29) is 5.69 Å². The minimum absolute atomic E-state index is 0.194. The summed E-state index contributed by atoms with van der Waals surface area (Å²) >= 11 is 8.42. The molecule has 0 aromatic carbocycles. The summed E-state index contributed by atoms with van der Waals surface area (Å²) in [7, 11) is 0. The van der Waals surface area contributed by atoms with Gasteiger partial charge in [0.25, 0.3) is 0 Å². The van der Waals surface area contributed by atoms with Gasteiger partial charge in [-0.1, -0.05) is 23.1 Å². The molecule has 2 aromatic heterocycles. The van der Waals surface area contributed by atoms with Crippen LogP contribution in [0.1, 0.15) is 11.9 Å². The van der Waals surface area contributed by atoms with Gasteiger partial charge >= 0.3 is 5.69 Å². The van der Waals surface area contributed by atoms with Gasteiger partial charge < -0.3 is 0 Å². The molecule has 0 aliphatic carbocycles. The number of aromatic amines is 1. The fourth-order valence-corrected chi connectivity index (χ4v) is 2.97. The van der Waals surface area contributed by atoms with Crippen LogP contribution in [-0.4, -0.2) is 25.0 Å². The van der Waals surface area contributed by atoms with Gasteiger partial charge in [-0.3, -0.25) is 4.57 Å². The van der Waals surface area contributed by atoms with E-state index in [1.165, 1.54) is 23.1 Å². The lowest BCUT2D eigenvalue weighted by atomic mass is 10.7. The van der Waals surface area contributed by atoms with Gasteiger partial charge in [-0.05, 0) is 18.5 Å². The van der Waals surface area contributed by atoms with Crippen LogP contribution >= 0.6 is 34.7 Å². The van der Waals surface area contributed by atoms with Crippen molar-refractivity contribution in [2.24, 2.45) is 0 Å². The first-order chi connectivity index (χ1) is 7.70. The number of aromatic nitrogens is 5. The highest BCUT2D eigenvalue weighted by Crippen LogP contribution is 2.23. The number of thioether (sulfide) groups is 1. The number of halogens is 1. The molecule has 0 atom stereocenters. The molecule has 2 aromatic rings. The van der Waals surface area contributed by atoms with Crippen LogP contribution in [0, 0.1) is 0 Å². The molecule has 1 N–H and O–H groups in total. The second-order valence-corrected chi connectivity index (χ2v) is 5.38. The molecule has 0 aliphatic rings. The molecule has 86 valence electrons. The first-order valence-corrected chi connectivity index (χ1v) is 6.64. The predicted molar refractivity (Wildman–Crippen MR) is 63.0 cm³/mol. The molecule has 0 fully saturated rings. The van der Waals surface area contributed by atoms with Crippen LogP contribution < -0.4 is 5.69 Å². The lowest BCUT2D eigenvalue weighted by Gasteiger charge is -1.99. The van der Waals surface area contributed by atoms with Crippen molar-refractivity contribution in [2.75, 3.05) is 0 Å². The van der Waals surface area contributed by atoms with Crippen LogP contribution in [0.3, 0.4) is 0 Å². The molecule has 0 radical (unpaired) electrons. The average molecular weight is 278 g/mol. The van der Waals surface area contributed by atoms with Crippen molar-refractivity contribution in [1.82, 2.24) is 25.0 Å². The smallest absolute Gasteiger partial charge is 0.270 e. The molecule has 9 heteroatoms. The number of hydrogen-bond acceptors (Lipinski definition) is 6. The van der Waals surface area contributed by atoms with E-state index in [9.17, 15) is 4.79 Å². The Morgan fingerprint density at radius 2 is 2.38 bits per heavy atom. The van der Waals surface area contributed by atoms with Crippen LogP contribution in [0.2, 0.25) is 4.47 Å². The number of hydrogen-bond donors (Lipinski definition) is 1. The highest BCUT2D eigenvalue weighted by Gasteiger charge is 2.09. The highest BCUT2D eigenvalue weighted by atomic mass is 35.5. The standard InChI is InChI=1S/C7H8ClN5OS2/c1-2-13-6(14)11-12-7(13)15-3-4-9-10-5(8)16-4/h2-3H2,1H3,(H,11,14). The van der Waals surface area contributed by atoms with Crippen molar-refractivity contribution >= 4 is 34.7 Å². The lowest BCUT2D eigenvalue weighted by molar-refractivity contribution is 0.660. The molecule has 0 bridgehead atoms. The Kier molecular flexibility index (Phi) is 3.62. The number of rotatable bonds is 4. The molecule has 6 nitrogen and oxygen atoms in total. The van der Waals surface area contributed by atoms with Crippen LogP contribution in [0.25, 0.3) is 0 Å². The molecule has 0 unspecified atom stereocenters. The fourth-order valence-electron chi connectivity index (χ4n) is 1.11. The lowest BCUT2D eigenvalue weighted by Crippen LogP contribution is -2.16. The Hall–Kier alpha value is -0.860. The van der Waals surface area contributed by atoms with E-state index < -0.39 is 0 Å². The Balaban J connectivity index is 2.07. The minimum Gasteiger partial charge on any atom is -0.270 e. The van der Waals surface area contributed by atoms with Gasteiger partial charge in [-0.15, -0.1) is 15.3 Å². The molecular weight excluding hydrogens is 270 g/mol. The number of nitrogens with zero attached hydrogens (tertiary/aromatic N) is 4. The Labute approximate surface area is 104 Å². The maximum Gasteiger partial charge on any atom is 0.343 e. The van der Waals surface area contributed by atoms with Crippen molar-refractivity contribution in [3.8, 4) is 0 Å². The molecule has 0 spiro atoms. The maximum absolute atomic E-state index is 11.3. The van der Waals surface area contributed by atoms with E-state index in [1.807, 2.05) is 6.92 Å². The molecule has 2 heterocycles. The summed E-state index contributed by atoms with van der Waals surface area (Å²) in [6, 6.07) is 0. The van der Waals surface area contributed by atoms with Crippen LogP contribution in [0.15, 0.2) is 9.95 Å². The van der Waals surface area contributed by atoms with E-state index in [0.29, 0.717) is 21.9 Å². The quantitative estimate of drug-likeness (QED) is 0.855. The Bertz CT molecular complexity index is 533. The zero-order chi connectivity index (χ0) is 11.5. The summed E-state index contributed by atoms with van der Waals surface area (Å²) in [5.74, 6) is 0.606. The largest absolute Gasteiger partial charge is 0.343 e.